The Balaban J connectivity index is 2.35. The second kappa shape index (κ2) is 10.7. The van der Waals surface area contributed by atoms with Crippen LogP contribution in [0.25, 0.3) is 0 Å². The van der Waals surface area contributed by atoms with E-state index in [9.17, 15) is 22.8 Å². The van der Waals surface area contributed by atoms with Crippen LogP contribution in [0.15, 0.2) is 48.2 Å². The topological polar surface area (TPSA) is 73.2 Å². The van der Waals surface area contributed by atoms with Gasteiger partial charge in [0.1, 0.15) is 6.29 Å². The molecule has 1 N–H and O–H groups in total. The lowest BCUT2D eigenvalue weighted by atomic mass is 9.84. The predicted octanol–water partition coefficient (Wildman–Crippen LogP) is 5.13. The zero-order valence-electron chi connectivity index (χ0n) is 16.0. The minimum Gasteiger partial charge on any atom is -0.332 e. The molecule has 1 amide bonds. The van der Waals surface area contributed by atoms with E-state index in [-0.39, 0.29) is 23.1 Å². The maximum Gasteiger partial charge on any atom is 0.392 e. The van der Waals surface area contributed by atoms with Crippen LogP contribution in [0.3, 0.4) is 0 Å². The molecule has 1 saturated carbocycles. The molecule has 0 spiro atoms. The number of aldehydes is 1. The molecule has 0 unspecified atom stereocenters. The van der Waals surface area contributed by atoms with Crippen molar-refractivity contribution in [3.63, 3.8) is 0 Å². The second-order valence-corrected chi connectivity index (χ2v) is 7.07. The fourth-order valence-electron chi connectivity index (χ4n) is 2.69. The quantitative estimate of drug-likeness (QED) is 0.365. The number of alkyl halides is 3. The number of anilines is 1. The number of benzene rings is 1. The average Bonchev–Trinajstić information content (AvgIpc) is 2.64. The van der Waals surface area contributed by atoms with Gasteiger partial charge in [-0.2, -0.15) is 18.4 Å². The summed E-state index contributed by atoms with van der Waals surface area (Å²) in [6.07, 6.45) is 0.649. The molecular weight excluding hydrogens is 415 g/mol. The molecule has 1 aliphatic rings. The molecule has 158 valence electrons. The Morgan fingerprint density at radius 2 is 1.97 bits per heavy atom. The monoisotopic (exact) mass is 435 g/mol. The Labute approximate surface area is 177 Å². The van der Waals surface area contributed by atoms with Crippen LogP contribution in [0, 0.1) is 17.2 Å². The zero-order valence-corrected chi connectivity index (χ0v) is 16.8. The molecule has 30 heavy (non-hydrogen) atoms. The van der Waals surface area contributed by atoms with Gasteiger partial charge in [-0.05, 0) is 55.4 Å². The summed E-state index contributed by atoms with van der Waals surface area (Å²) < 4.78 is 38.5. The molecule has 1 aliphatic carbocycles. The molecule has 1 fully saturated rings. The maximum absolute atomic E-state index is 13.0. The lowest BCUT2D eigenvalue weighted by molar-refractivity contribution is -0.133. The highest BCUT2D eigenvalue weighted by Crippen LogP contribution is 2.31. The number of amides is 1. The van der Waals surface area contributed by atoms with Crippen LogP contribution in [0.2, 0.25) is 0 Å². The van der Waals surface area contributed by atoms with E-state index >= 15 is 0 Å². The maximum atomic E-state index is 13.0. The van der Waals surface area contributed by atoms with Gasteiger partial charge in [0, 0.05) is 22.9 Å². The first-order valence-electron chi connectivity index (χ1n) is 9.25. The summed E-state index contributed by atoms with van der Waals surface area (Å²) in [4.78, 5) is 24.8. The van der Waals surface area contributed by atoms with E-state index in [1.54, 1.807) is 24.3 Å². The van der Waals surface area contributed by atoms with E-state index in [1.807, 2.05) is 6.07 Å². The van der Waals surface area contributed by atoms with E-state index in [2.05, 4.69) is 5.32 Å². The summed E-state index contributed by atoms with van der Waals surface area (Å²) in [5.41, 5.74) is 0.883. The molecule has 0 aromatic heterocycles. The molecule has 1 aromatic carbocycles. The van der Waals surface area contributed by atoms with Crippen LogP contribution in [0.5, 0.6) is 0 Å². The van der Waals surface area contributed by atoms with E-state index in [4.69, 9.17) is 17.5 Å². The Kier molecular flexibility index (Phi) is 8.30. The molecule has 2 rings (SSSR count). The first-order chi connectivity index (χ1) is 14.2. The van der Waals surface area contributed by atoms with Gasteiger partial charge < -0.3 is 5.32 Å². The van der Waals surface area contributed by atoms with E-state index < -0.39 is 18.5 Å². The van der Waals surface area contributed by atoms with Crippen molar-refractivity contribution in [3.05, 3.63) is 53.8 Å². The highest BCUT2D eigenvalue weighted by atomic mass is 32.1. The summed E-state index contributed by atoms with van der Waals surface area (Å²) in [6.45, 7) is 0. The van der Waals surface area contributed by atoms with E-state index in [1.165, 1.54) is 12.2 Å². The normalized spacial score (nSPS) is 14.7. The summed E-state index contributed by atoms with van der Waals surface area (Å²) >= 11 is 5.35. The number of allylic oxidation sites excluding steroid dienone is 3. The molecule has 0 aliphatic heterocycles. The van der Waals surface area contributed by atoms with Crippen molar-refractivity contribution in [3.8, 4) is 6.07 Å². The second-order valence-electron chi connectivity index (χ2n) is 6.68. The third-order valence-corrected chi connectivity index (χ3v) is 4.76. The number of nitrogens with one attached hydrogen (secondary N) is 1. The third kappa shape index (κ3) is 6.81. The van der Waals surface area contributed by atoms with Crippen molar-refractivity contribution in [2.45, 2.75) is 38.3 Å². The van der Waals surface area contributed by atoms with Gasteiger partial charge in [0.15, 0.2) is 5.11 Å². The Morgan fingerprint density at radius 3 is 2.47 bits per heavy atom. The summed E-state index contributed by atoms with van der Waals surface area (Å²) in [6, 6.07) is 8.11. The Morgan fingerprint density at radius 1 is 1.30 bits per heavy atom. The van der Waals surface area contributed by atoms with Crippen molar-refractivity contribution in [1.82, 2.24) is 4.90 Å². The predicted molar refractivity (Wildman–Crippen MR) is 110 cm³/mol. The first-order valence-corrected chi connectivity index (χ1v) is 9.66. The van der Waals surface area contributed by atoms with Gasteiger partial charge in [0.2, 0.25) is 5.91 Å². The number of hydrogen-bond acceptors (Lipinski definition) is 4. The fourth-order valence-corrected chi connectivity index (χ4v) is 3.01. The molecule has 0 atom stereocenters. The minimum atomic E-state index is -4.46. The molecule has 0 radical (unpaired) electrons. The smallest absolute Gasteiger partial charge is 0.332 e. The van der Waals surface area contributed by atoms with Crippen molar-refractivity contribution in [2.75, 3.05) is 5.32 Å². The van der Waals surface area contributed by atoms with Crippen LogP contribution >= 0.6 is 12.2 Å². The molecule has 5 nitrogen and oxygen atoms in total. The zero-order chi connectivity index (χ0) is 22.1. The summed E-state index contributed by atoms with van der Waals surface area (Å²) in [5, 5.41) is 11.5. The van der Waals surface area contributed by atoms with E-state index in [0.717, 1.165) is 17.4 Å². The number of halogens is 3. The first kappa shape index (κ1) is 23.3. The standard InChI is InChI=1S/C21H20F3N3O2S/c22-21(23,24)12-11-18(6-1-2-13-25)27(19(29)16-4-3-5-16)20(30)26-17-9-7-15(14-28)8-10-17/h1,6-11,14,16H,2-5,12H2,(H,26,30)/b6-1-,18-11+. The number of rotatable bonds is 7. The number of carbonyl (C=O) groups is 2. The number of carbonyl (C=O) groups excluding carboxylic acids is 2. The number of thiocarbonyl (C=S) groups is 1. The number of nitriles is 1. The third-order valence-electron chi connectivity index (χ3n) is 4.47. The highest BCUT2D eigenvalue weighted by molar-refractivity contribution is 7.80. The molecule has 0 heterocycles. The lowest BCUT2D eigenvalue weighted by Gasteiger charge is -2.32. The van der Waals surface area contributed by atoms with Crippen LogP contribution in [-0.2, 0) is 4.79 Å². The molecule has 9 heteroatoms. The van der Waals surface area contributed by atoms with Crippen molar-refractivity contribution in [1.29, 1.82) is 5.26 Å². The molecule has 1 aromatic rings. The molecular formula is C21H20F3N3O2S. The molecule has 0 bridgehead atoms. The number of hydrogen-bond donors (Lipinski definition) is 1. The largest absolute Gasteiger partial charge is 0.392 e. The Bertz CT molecular complexity index is 882. The van der Waals surface area contributed by atoms with E-state index in [0.29, 0.717) is 30.4 Å². The van der Waals surface area contributed by atoms with Crippen LogP contribution in [0.1, 0.15) is 42.5 Å². The van der Waals surface area contributed by atoms with Crippen molar-refractivity contribution < 1.29 is 22.8 Å². The lowest BCUT2D eigenvalue weighted by Crippen LogP contribution is -2.44. The van der Waals surface area contributed by atoms with Crippen molar-refractivity contribution in [2.24, 2.45) is 5.92 Å². The summed E-state index contributed by atoms with van der Waals surface area (Å²) in [7, 11) is 0. The van der Waals surface area contributed by atoms with Crippen LogP contribution in [0.4, 0.5) is 18.9 Å². The average molecular weight is 435 g/mol. The number of nitrogens with zero attached hydrogens (tertiary/aromatic N) is 2. The molecule has 0 saturated heterocycles. The fraction of sp³-hybridized carbons (Fsp3) is 0.333. The summed E-state index contributed by atoms with van der Waals surface area (Å²) in [5.74, 6) is -0.709. The Hall–Kier alpha value is -2.99. The highest BCUT2D eigenvalue weighted by Gasteiger charge is 2.34. The van der Waals surface area contributed by atoms with Gasteiger partial charge >= 0.3 is 6.18 Å². The SMILES string of the molecule is N#CC/C=C\C(=C/CC(F)(F)F)N(C(=O)C1CCC1)C(=S)Nc1ccc(C=O)cc1. The van der Waals surface area contributed by atoms with Gasteiger partial charge in [0.05, 0.1) is 18.9 Å². The van der Waals surface area contributed by atoms with Gasteiger partial charge in [-0.15, -0.1) is 0 Å². The van der Waals surface area contributed by atoms with Crippen LogP contribution < -0.4 is 5.32 Å². The van der Waals surface area contributed by atoms with Gasteiger partial charge in [0.25, 0.3) is 0 Å². The van der Waals surface area contributed by atoms with Crippen LogP contribution in [-0.4, -0.2) is 28.4 Å². The van der Waals surface area contributed by atoms with Gasteiger partial charge in [-0.1, -0.05) is 18.6 Å². The van der Waals surface area contributed by atoms with Gasteiger partial charge in [-0.3, -0.25) is 14.5 Å². The minimum absolute atomic E-state index is 0.0256. The van der Waals surface area contributed by atoms with Crippen molar-refractivity contribution >= 4 is 35.2 Å². The van der Waals surface area contributed by atoms with Gasteiger partial charge in [-0.25, -0.2) is 0 Å².